The summed E-state index contributed by atoms with van der Waals surface area (Å²) in [6.07, 6.45) is 0.684. The molecule has 0 atom stereocenters. The molecule has 0 bridgehead atoms. The van der Waals surface area contributed by atoms with Gasteiger partial charge in [0, 0.05) is 28.6 Å². The van der Waals surface area contributed by atoms with E-state index in [-0.39, 0.29) is 17.9 Å². The zero-order chi connectivity index (χ0) is 18.0. The molecule has 128 valence electrons. The lowest BCUT2D eigenvalue weighted by atomic mass is 10.0. The van der Waals surface area contributed by atoms with Gasteiger partial charge in [0.05, 0.1) is 0 Å². The van der Waals surface area contributed by atoms with Crippen LogP contribution in [0.4, 0.5) is 5.69 Å². The Kier molecular flexibility index (Phi) is 4.70. The second-order valence-corrected chi connectivity index (χ2v) is 6.58. The average molecular weight is 334 g/mol. The number of nitrogens with one attached hydrogen (secondary N) is 2. The molecule has 3 rings (SSSR count). The zero-order valence-corrected chi connectivity index (χ0v) is 14.8. The molecule has 3 aromatic rings. The van der Waals surface area contributed by atoms with Gasteiger partial charge in [-0.25, -0.2) is 0 Å². The van der Waals surface area contributed by atoms with Crippen LogP contribution in [-0.4, -0.2) is 10.9 Å². The highest BCUT2D eigenvalue weighted by atomic mass is 16.1. The number of benzene rings is 2. The molecule has 2 N–H and O–H groups in total. The summed E-state index contributed by atoms with van der Waals surface area (Å²) in [5.74, 6) is -0.0935. The maximum atomic E-state index is 12.3. The highest BCUT2D eigenvalue weighted by Crippen LogP contribution is 2.19. The molecule has 0 aliphatic rings. The molecule has 0 saturated carbocycles. The number of H-pyrrole nitrogens is 1. The normalized spacial score (nSPS) is 10.8. The van der Waals surface area contributed by atoms with Gasteiger partial charge in [-0.3, -0.25) is 9.59 Å². The molecule has 0 spiro atoms. The van der Waals surface area contributed by atoms with E-state index in [1.54, 1.807) is 0 Å². The molecule has 4 heteroatoms. The predicted octanol–water partition coefficient (Wildman–Crippen LogP) is 4.02. The van der Waals surface area contributed by atoms with E-state index < -0.39 is 0 Å². The van der Waals surface area contributed by atoms with Crippen LogP contribution in [-0.2, 0) is 11.2 Å². The summed E-state index contributed by atoms with van der Waals surface area (Å²) < 4.78 is 0. The number of aryl methyl sites for hydroxylation is 4. The molecule has 0 aliphatic carbocycles. The minimum absolute atomic E-state index is 0.0935. The third kappa shape index (κ3) is 3.97. The van der Waals surface area contributed by atoms with E-state index in [1.807, 2.05) is 57.2 Å². The summed E-state index contributed by atoms with van der Waals surface area (Å²) in [5.41, 5.74) is 5.51. The molecule has 1 amide bonds. The SMILES string of the molecule is Cc1ccc(NC(=O)CCc2cc3c(C)cc(C)cc3[nH]c2=O)cc1. The van der Waals surface area contributed by atoms with Crippen molar-refractivity contribution in [2.45, 2.75) is 33.6 Å². The third-order valence-corrected chi connectivity index (χ3v) is 4.35. The third-order valence-electron chi connectivity index (χ3n) is 4.35. The average Bonchev–Trinajstić information content (AvgIpc) is 2.55. The van der Waals surface area contributed by atoms with E-state index in [4.69, 9.17) is 0 Å². The lowest BCUT2D eigenvalue weighted by Gasteiger charge is -2.08. The van der Waals surface area contributed by atoms with Crippen molar-refractivity contribution in [1.29, 1.82) is 0 Å². The number of amides is 1. The molecule has 1 aromatic heterocycles. The lowest BCUT2D eigenvalue weighted by Crippen LogP contribution is -2.17. The molecule has 0 aliphatic heterocycles. The molecule has 1 heterocycles. The second-order valence-electron chi connectivity index (χ2n) is 6.58. The summed E-state index contributed by atoms with van der Waals surface area (Å²) in [7, 11) is 0. The molecular formula is C21H22N2O2. The van der Waals surface area contributed by atoms with Crippen LogP contribution < -0.4 is 10.9 Å². The molecule has 4 nitrogen and oxygen atoms in total. The minimum atomic E-state index is -0.124. The summed E-state index contributed by atoms with van der Waals surface area (Å²) in [5, 5.41) is 3.89. The van der Waals surface area contributed by atoms with E-state index in [0.717, 1.165) is 33.3 Å². The number of anilines is 1. The molecule has 0 fully saturated rings. The number of fused-ring (bicyclic) bond motifs is 1. The Morgan fingerprint density at radius 1 is 1.00 bits per heavy atom. The van der Waals surface area contributed by atoms with Gasteiger partial charge in [-0.05, 0) is 62.6 Å². The summed E-state index contributed by atoms with van der Waals surface area (Å²) >= 11 is 0. The molecule has 2 aromatic carbocycles. The summed E-state index contributed by atoms with van der Waals surface area (Å²) in [6.45, 7) is 6.04. The minimum Gasteiger partial charge on any atom is -0.326 e. The highest BCUT2D eigenvalue weighted by Gasteiger charge is 2.09. The lowest BCUT2D eigenvalue weighted by molar-refractivity contribution is -0.116. The number of rotatable bonds is 4. The number of pyridine rings is 1. The number of aromatic nitrogens is 1. The standard InChI is InChI=1S/C21H22N2O2/c1-13-4-7-17(8-5-13)22-20(24)9-6-16-12-18-15(3)10-14(2)11-19(18)23-21(16)25/h4-5,7-8,10-12H,6,9H2,1-3H3,(H,22,24)(H,23,25). The van der Waals surface area contributed by atoms with E-state index in [1.165, 1.54) is 0 Å². The number of hydrogen-bond acceptors (Lipinski definition) is 2. The highest BCUT2D eigenvalue weighted by molar-refractivity contribution is 5.91. The van der Waals surface area contributed by atoms with E-state index in [2.05, 4.69) is 16.4 Å². The second kappa shape index (κ2) is 6.93. The van der Waals surface area contributed by atoms with Crippen molar-refractivity contribution in [1.82, 2.24) is 4.98 Å². The Morgan fingerprint density at radius 2 is 1.72 bits per heavy atom. The van der Waals surface area contributed by atoms with Crippen molar-refractivity contribution in [3.63, 3.8) is 0 Å². The maximum absolute atomic E-state index is 12.3. The van der Waals surface area contributed by atoms with Gasteiger partial charge in [-0.1, -0.05) is 23.8 Å². The van der Waals surface area contributed by atoms with E-state index >= 15 is 0 Å². The summed E-state index contributed by atoms with van der Waals surface area (Å²) in [4.78, 5) is 27.3. The maximum Gasteiger partial charge on any atom is 0.251 e. The molecule has 25 heavy (non-hydrogen) atoms. The fraction of sp³-hybridized carbons (Fsp3) is 0.238. The van der Waals surface area contributed by atoms with Gasteiger partial charge in [0.1, 0.15) is 0 Å². The van der Waals surface area contributed by atoms with Crippen LogP contribution in [0.2, 0.25) is 0 Å². The first-order valence-corrected chi connectivity index (χ1v) is 8.42. The number of aromatic amines is 1. The van der Waals surface area contributed by atoms with Gasteiger partial charge < -0.3 is 10.3 Å². The first-order chi connectivity index (χ1) is 11.9. The van der Waals surface area contributed by atoms with Crippen LogP contribution in [0, 0.1) is 20.8 Å². The first kappa shape index (κ1) is 17.0. The Morgan fingerprint density at radius 3 is 2.44 bits per heavy atom. The van der Waals surface area contributed by atoms with E-state index in [0.29, 0.717) is 12.0 Å². The quantitative estimate of drug-likeness (QED) is 0.757. The van der Waals surface area contributed by atoms with Crippen LogP contribution >= 0.6 is 0 Å². The van der Waals surface area contributed by atoms with Crippen LogP contribution in [0.3, 0.4) is 0 Å². The zero-order valence-electron chi connectivity index (χ0n) is 14.8. The fourth-order valence-electron chi connectivity index (χ4n) is 3.01. The van der Waals surface area contributed by atoms with Gasteiger partial charge in [0.2, 0.25) is 5.91 Å². The number of carbonyl (C=O) groups excluding carboxylic acids is 1. The molecule has 0 radical (unpaired) electrons. The van der Waals surface area contributed by atoms with Crippen molar-refractivity contribution in [2.24, 2.45) is 0 Å². The van der Waals surface area contributed by atoms with Crippen molar-refractivity contribution in [3.05, 3.63) is 75.1 Å². The van der Waals surface area contributed by atoms with Gasteiger partial charge >= 0.3 is 0 Å². The molecule has 0 unspecified atom stereocenters. The van der Waals surface area contributed by atoms with Gasteiger partial charge in [-0.15, -0.1) is 0 Å². The molecule has 0 saturated heterocycles. The van der Waals surface area contributed by atoms with Crippen LogP contribution in [0.5, 0.6) is 0 Å². The van der Waals surface area contributed by atoms with Crippen LogP contribution in [0.25, 0.3) is 10.9 Å². The topological polar surface area (TPSA) is 62.0 Å². The van der Waals surface area contributed by atoms with Crippen molar-refractivity contribution < 1.29 is 4.79 Å². The Hall–Kier alpha value is -2.88. The van der Waals surface area contributed by atoms with Crippen molar-refractivity contribution in [2.75, 3.05) is 5.32 Å². The van der Waals surface area contributed by atoms with Gasteiger partial charge in [0.15, 0.2) is 0 Å². The monoisotopic (exact) mass is 334 g/mol. The van der Waals surface area contributed by atoms with E-state index in [9.17, 15) is 9.59 Å². The van der Waals surface area contributed by atoms with Gasteiger partial charge in [-0.2, -0.15) is 0 Å². The van der Waals surface area contributed by atoms with Gasteiger partial charge in [0.25, 0.3) is 5.56 Å². The van der Waals surface area contributed by atoms with Crippen molar-refractivity contribution >= 4 is 22.5 Å². The number of carbonyl (C=O) groups is 1. The van der Waals surface area contributed by atoms with Crippen LogP contribution in [0.15, 0.2) is 47.3 Å². The first-order valence-electron chi connectivity index (χ1n) is 8.42. The smallest absolute Gasteiger partial charge is 0.251 e. The Labute approximate surface area is 146 Å². The fourth-order valence-corrected chi connectivity index (χ4v) is 3.01. The largest absolute Gasteiger partial charge is 0.326 e. The summed E-state index contributed by atoms with van der Waals surface area (Å²) in [6, 6.07) is 13.6. The number of hydrogen-bond donors (Lipinski definition) is 2. The van der Waals surface area contributed by atoms with Crippen molar-refractivity contribution in [3.8, 4) is 0 Å². The molecular weight excluding hydrogens is 312 g/mol. The van der Waals surface area contributed by atoms with Crippen LogP contribution in [0.1, 0.15) is 28.7 Å². The Balaban J connectivity index is 1.74. The predicted molar refractivity (Wildman–Crippen MR) is 102 cm³/mol. The Bertz CT molecular complexity index is 985.